The highest BCUT2D eigenvalue weighted by atomic mass is 32.1. The quantitative estimate of drug-likeness (QED) is 0.661. The molecule has 2 heterocycles. The summed E-state index contributed by atoms with van der Waals surface area (Å²) in [6, 6.07) is 7.66. The standard InChI is InChI=1S/C18H14F3N3OS/c19-18(20,21)15-1-3-16(4-2-15)24-17(25)23-9-12-7-14(10-22-8-12)13-5-6-26-11-13/h1-8,10-11H,9H2,(H2,23,24,25). The van der Waals surface area contributed by atoms with Crippen molar-refractivity contribution in [3.05, 3.63) is 70.7 Å². The first kappa shape index (κ1) is 17.9. The molecule has 3 rings (SSSR count). The van der Waals surface area contributed by atoms with Gasteiger partial charge in [0.2, 0.25) is 0 Å². The number of aromatic nitrogens is 1. The maximum absolute atomic E-state index is 12.5. The maximum Gasteiger partial charge on any atom is 0.416 e. The second kappa shape index (κ2) is 7.57. The van der Waals surface area contributed by atoms with Gasteiger partial charge in [0.1, 0.15) is 0 Å². The van der Waals surface area contributed by atoms with Crippen molar-refractivity contribution in [2.75, 3.05) is 5.32 Å². The molecule has 134 valence electrons. The van der Waals surface area contributed by atoms with E-state index < -0.39 is 17.8 Å². The van der Waals surface area contributed by atoms with Crippen LogP contribution in [0, 0.1) is 0 Å². The third-order valence-electron chi connectivity index (χ3n) is 3.57. The molecule has 2 N–H and O–H groups in total. The Labute approximate surface area is 151 Å². The molecule has 1 aromatic carbocycles. The fourth-order valence-electron chi connectivity index (χ4n) is 2.27. The van der Waals surface area contributed by atoms with Crippen LogP contribution in [0.25, 0.3) is 11.1 Å². The van der Waals surface area contributed by atoms with Crippen LogP contribution in [0.3, 0.4) is 0 Å². The Balaban J connectivity index is 1.57. The van der Waals surface area contributed by atoms with Crippen molar-refractivity contribution >= 4 is 23.1 Å². The van der Waals surface area contributed by atoms with Crippen LogP contribution in [0.1, 0.15) is 11.1 Å². The number of thiophene rings is 1. The lowest BCUT2D eigenvalue weighted by molar-refractivity contribution is -0.137. The zero-order chi connectivity index (χ0) is 18.6. The SMILES string of the molecule is O=C(NCc1cncc(-c2ccsc2)c1)Nc1ccc(C(F)(F)F)cc1. The molecule has 3 aromatic rings. The number of hydrogen-bond donors (Lipinski definition) is 2. The zero-order valence-corrected chi connectivity index (χ0v) is 14.2. The van der Waals surface area contributed by atoms with Gasteiger partial charge in [0.05, 0.1) is 5.56 Å². The van der Waals surface area contributed by atoms with E-state index in [1.54, 1.807) is 23.7 Å². The topological polar surface area (TPSA) is 54.0 Å². The summed E-state index contributed by atoms with van der Waals surface area (Å²) in [4.78, 5) is 16.1. The van der Waals surface area contributed by atoms with Crippen LogP contribution in [0.4, 0.5) is 23.7 Å². The van der Waals surface area contributed by atoms with Gasteiger partial charge in [-0.05, 0) is 58.3 Å². The Hall–Kier alpha value is -2.87. The van der Waals surface area contributed by atoms with Crippen molar-refractivity contribution in [2.45, 2.75) is 12.7 Å². The highest BCUT2D eigenvalue weighted by molar-refractivity contribution is 7.08. The van der Waals surface area contributed by atoms with Crippen LogP contribution < -0.4 is 10.6 Å². The molecule has 0 fully saturated rings. The van der Waals surface area contributed by atoms with Crippen molar-refractivity contribution in [1.82, 2.24) is 10.3 Å². The normalized spacial score (nSPS) is 11.2. The summed E-state index contributed by atoms with van der Waals surface area (Å²) in [7, 11) is 0. The molecule has 2 amide bonds. The first-order chi connectivity index (χ1) is 12.4. The van der Waals surface area contributed by atoms with Crippen LogP contribution >= 0.6 is 11.3 Å². The predicted octanol–water partition coefficient (Wildman–Crippen LogP) is 5.15. The number of nitrogens with zero attached hydrogens (tertiary/aromatic N) is 1. The number of benzene rings is 1. The third kappa shape index (κ3) is 4.60. The molecule has 0 saturated heterocycles. The minimum atomic E-state index is -4.40. The molecule has 0 saturated carbocycles. The van der Waals surface area contributed by atoms with Crippen molar-refractivity contribution < 1.29 is 18.0 Å². The number of rotatable bonds is 4. The molecular formula is C18H14F3N3OS. The molecule has 0 atom stereocenters. The maximum atomic E-state index is 12.5. The van der Waals surface area contributed by atoms with E-state index in [0.717, 1.165) is 28.8 Å². The second-order valence-electron chi connectivity index (χ2n) is 5.48. The van der Waals surface area contributed by atoms with Gasteiger partial charge in [0.15, 0.2) is 0 Å². The summed E-state index contributed by atoms with van der Waals surface area (Å²) in [5.41, 5.74) is 2.34. The van der Waals surface area contributed by atoms with Gasteiger partial charge in [-0.2, -0.15) is 24.5 Å². The predicted molar refractivity (Wildman–Crippen MR) is 94.9 cm³/mol. The van der Waals surface area contributed by atoms with Crippen LogP contribution in [0.5, 0.6) is 0 Å². The van der Waals surface area contributed by atoms with Crippen LogP contribution in [-0.4, -0.2) is 11.0 Å². The van der Waals surface area contributed by atoms with Gasteiger partial charge in [-0.25, -0.2) is 4.79 Å². The number of nitrogens with one attached hydrogen (secondary N) is 2. The summed E-state index contributed by atoms with van der Waals surface area (Å²) < 4.78 is 37.6. The van der Waals surface area contributed by atoms with E-state index in [4.69, 9.17) is 0 Å². The Morgan fingerprint density at radius 3 is 2.50 bits per heavy atom. The van der Waals surface area contributed by atoms with E-state index in [-0.39, 0.29) is 12.2 Å². The van der Waals surface area contributed by atoms with Crippen molar-refractivity contribution in [3.8, 4) is 11.1 Å². The van der Waals surface area contributed by atoms with Gasteiger partial charge in [0.25, 0.3) is 0 Å². The molecular weight excluding hydrogens is 363 g/mol. The smallest absolute Gasteiger partial charge is 0.334 e. The van der Waals surface area contributed by atoms with Crippen molar-refractivity contribution in [3.63, 3.8) is 0 Å². The van der Waals surface area contributed by atoms with Gasteiger partial charge in [-0.1, -0.05) is 0 Å². The first-order valence-electron chi connectivity index (χ1n) is 7.60. The summed E-state index contributed by atoms with van der Waals surface area (Å²) in [6.45, 7) is 0.247. The van der Waals surface area contributed by atoms with E-state index in [1.807, 2.05) is 22.9 Å². The Kier molecular flexibility index (Phi) is 5.22. The van der Waals surface area contributed by atoms with Gasteiger partial charge >= 0.3 is 12.2 Å². The average Bonchev–Trinajstić information content (AvgIpc) is 3.15. The molecule has 0 aliphatic carbocycles. The number of amides is 2. The summed E-state index contributed by atoms with van der Waals surface area (Å²) >= 11 is 1.58. The molecule has 2 aromatic heterocycles. The molecule has 0 aliphatic rings. The first-order valence-corrected chi connectivity index (χ1v) is 8.55. The lowest BCUT2D eigenvalue weighted by Gasteiger charge is -2.10. The van der Waals surface area contributed by atoms with Crippen molar-refractivity contribution in [1.29, 1.82) is 0 Å². The number of carbonyl (C=O) groups excluding carboxylic acids is 1. The second-order valence-corrected chi connectivity index (χ2v) is 6.26. The molecule has 0 bridgehead atoms. The molecule has 0 aliphatic heterocycles. The highest BCUT2D eigenvalue weighted by Crippen LogP contribution is 2.29. The number of halogens is 3. The van der Waals surface area contributed by atoms with Crippen LogP contribution in [0.15, 0.2) is 59.6 Å². The zero-order valence-electron chi connectivity index (χ0n) is 13.4. The number of urea groups is 1. The van der Waals surface area contributed by atoms with Gasteiger partial charge < -0.3 is 10.6 Å². The van der Waals surface area contributed by atoms with Gasteiger partial charge in [-0.15, -0.1) is 0 Å². The Morgan fingerprint density at radius 2 is 1.85 bits per heavy atom. The molecule has 8 heteroatoms. The van der Waals surface area contributed by atoms with E-state index in [0.29, 0.717) is 0 Å². The largest absolute Gasteiger partial charge is 0.416 e. The van der Waals surface area contributed by atoms with Gasteiger partial charge in [0, 0.05) is 30.2 Å². The third-order valence-corrected chi connectivity index (χ3v) is 4.26. The fourth-order valence-corrected chi connectivity index (χ4v) is 2.94. The molecule has 26 heavy (non-hydrogen) atoms. The monoisotopic (exact) mass is 377 g/mol. The van der Waals surface area contributed by atoms with E-state index in [2.05, 4.69) is 15.6 Å². The van der Waals surface area contributed by atoms with Crippen LogP contribution in [-0.2, 0) is 12.7 Å². The Bertz CT molecular complexity index is 877. The van der Waals surface area contributed by atoms with Crippen molar-refractivity contribution in [2.24, 2.45) is 0 Å². The molecule has 0 spiro atoms. The fraction of sp³-hybridized carbons (Fsp3) is 0.111. The molecule has 0 unspecified atom stereocenters. The average molecular weight is 377 g/mol. The van der Waals surface area contributed by atoms with E-state index >= 15 is 0 Å². The lowest BCUT2D eigenvalue weighted by Crippen LogP contribution is -2.28. The molecule has 0 radical (unpaired) electrons. The highest BCUT2D eigenvalue weighted by Gasteiger charge is 2.29. The van der Waals surface area contributed by atoms with Gasteiger partial charge in [-0.3, -0.25) is 4.98 Å². The van der Waals surface area contributed by atoms with Crippen LogP contribution in [0.2, 0.25) is 0 Å². The minimum Gasteiger partial charge on any atom is -0.334 e. The minimum absolute atomic E-state index is 0.247. The number of hydrogen-bond acceptors (Lipinski definition) is 3. The number of anilines is 1. The Morgan fingerprint density at radius 1 is 1.08 bits per heavy atom. The molecule has 4 nitrogen and oxygen atoms in total. The number of alkyl halides is 3. The number of pyridine rings is 1. The number of carbonyl (C=O) groups is 1. The van der Waals surface area contributed by atoms with E-state index in [9.17, 15) is 18.0 Å². The lowest BCUT2D eigenvalue weighted by atomic mass is 10.1. The summed E-state index contributed by atoms with van der Waals surface area (Å²) in [6.07, 6.45) is -1.01. The summed E-state index contributed by atoms with van der Waals surface area (Å²) in [5.74, 6) is 0. The summed E-state index contributed by atoms with van der Waals surface area (Å²) in [5, 5.41) is 9.13. The van der Waals surface area contributed by atoms with E-state index in [1.165, 1.54) is 12.1 Å².